The highest BCUT2D eigenvalue weighted by Crippen LogP contribution is 2.51. The Hall–Kier alpha value is -1.00. The zero-order valence-corrected chi connectivity index (χ0v) is 9.74. The van der Waals surface area contributed by atoms with Crippen molar-refractivity contribution in [1.82, 2.24) is 0 Å². The molecular formula is C13H16O4. The van der Waals surface area contributed by atoms with Crippen LogP contribution in [0, 0.1) is 5.41 Å². The van der Waals surface area contributed by atoms with E-state index in [1.165, 1.54) is 0 Å². The summed E-state index contributed by atoms with van der Waals surface area (Å²) in [7, 11) is 0. The first-order chi connectivity index (χ1) is 8.18. The normalized spacial score (nSPS) is 35.5. The average molecular weight is 236 g/mol. The molecule has 2 fully saturated rings. The second-order valence-corrected chi connectivity index (χ2v) is 5.19. The van der Waals surface area contributed by atoms with Crippen molar-refractivity contribution >= 4 is 12.1 Å². The van der Waals surface area contributed by atoms with Crippen molar-refractivity contribution in [3.63, 3.8) is 0 Å². The molecule has 1 aliphatic heterocycles. The fraction of sp³-hybridized carbons (Fsp3) is 0.692. The van der Waals surface area contributed by atoms with Crippen LogP contribution in [0.5, 0.6) is 0 Å². The van der Waals surface area contributed by atoms with Gasteiger partial charge in [-0.3, -0.25) is 4.79 Å². The molecule has 0 aromatic carbocycles. The van der Waals surface area contributed by atoms with E-state index in [0.717, 1.165) is 24.7 Å². The van der Waals surface area contributed by atoms with Gasteiger partial charge in [0.2, 0.25) is 0 Å². The predicted octanol–water partition coefficient (Wildman–Crippen LogP) is 1.39. The molecule has 3 rings (SSSR count). The van der Waals surface area contributed by atoms with Gasteiger partial charge in [-0.05, 0) is 18.9 Å². The molecule has 1 heterocycles. The highest BCUT2D eigenvalue weighted by atomic mass is 16.7. The molecule has 1 saturated carbocycles. The highest BCUT2D eigenvalue weighted by molar-refractivity contribution is 5.93. The van der Waals surface area contributed by atoms with Crippen LogP contribution >= 0.6 is 0 Å². The highest BCUT2D eigenvalue weighted by Gasteiger charge is 2.51. The first-order valence-corrected chi connectivity index (χ1v) is 6.16. The minimum absolute atomic E-state index is 0.140. The lowest BCUT2D eigenvalue weighted by molar-refractivity contribution is -0.192. The SMILES string of the molecule is O=C[C@@]12CCC(=O)C=C1CCC1(C2)OCCO1. The number of ketones is 1. The molecule has 0 bridgehead atoms. The molecule has 92 valence electrons. The molecule has 0 amide bonds. The van der Waals surface area contributed by atoms with E-state index in [4.69, 9.17) is 9.47 Å². The molecule has 0 unspecified atom stereocenters. The number of carbonyl (C=O) groups is 2. The second kappa shape index (κ2) is 3.75. The lowest BCUT2D eigenvalue weighted by Crippen LogP contribution is -2.46. The van der Waals surface area contributed by atoms with E-state index in [2.05, 4.69) is 0 Å². The zero-order valence-electron chi connectivity index (χ0n) is 9.74. The second-order valence-electron chi connectivity index (χ2n) is 5.19. The van der Waals surface area contributed by atoms with E-state index in [-0.39, 0.29) is 5.78 Å². The minimum Gasteiger partial charge on any atom is -0.347 e. The van der Waals surface area contributed by atoms with Gasteiger partial charge in [0, 0.05) is 19.3 Å². The monoisotopic (exact) mass is 236 g/mol. The summed E-state index contributed by atoms with van der Waals surface area (Å²) >= 11 is 0. The number of carbonyl (C=O) groups excluding carboxylic acids is 2. The third kappa shape index (κ3) is 1.67. The number of hydrogen-bond acceptors (Lipinski definition) is 4. The first-order valence-electron chi connectivity index (χ1n) is 6.16. The van der Waals surface area contributed by atoms with Crippen LogP contribution in [0.1, 0.15) is 32.1 Å². The van der Waals surface area contributed by atoms with Crippen LogP contribution in [0.4, 0.5) is 0 Å². The van der Waals surface area contributed by atoms with Gasteiger partial charge in [0.15, 0.2) is 11.6 Å². The van der Waals surface area contributed by atoms with Crippen LogP contribution in [0.15, 0.2) is 11.6 Å². The van der Waals surface area contributed by atoms with E-state index in [0.29, 0.717) is 32.5 Å². The van der Waals surface area contributed by atoms with Crippen molar-refractivity contribution in [2.24, 2.45) is 5.41 Å². The van der Waals surface area contributed by atoms with Crippen molar-refractivity contribution in [3.05, 3.63) is 11.6 Å². The maximum atomic E-state index is 11.5. The van der Waals surface area contributed by atoms with Crippen LogP contribution in [0.25, 0.3) is 0 Å². The quantitative estimate of drug-likeness (QED) is 0.645. The number of hydrogen-bond donors (Lipinski definition) is 0. The van der Waals surface area contributed by atoms with Gasteiger partial charge in [-0.25, -0.2) is 0 Å². The van der Waals surface area contributed by atoms with Crippen molar-refractivity contribution in [2.45, 2.75) is 37.9 Å². The van der Waals surface area contributed by atoms with Crippen LogP contribution in [-0.4, -0.2) is 31.1 Å². The lowest BCUT2D eigenvalue weighted by atomic mass is 9.63. The van der Waals surface area contributed by atoms with Crippen LogP contribution in [0.3, 0.4) is 0 Å². The third-order valence-electron chi connectivity index (χ3n) is 4.19. The van der Waals surface area contributed by atoms with Gasteiger partial charge in [0.1, 0.15) is 6.29 Å². The fourth-order valence-corrected chi connectivity index (χ4v) is 3.25. The van der Waals surface area contributed by atoms with Gasteiger partial charge in [0.05, 0.1) is 18.6 Å². The van der Waals surface area contributed by atoms with E-state index in [9.17, 15) is 9.59 Å². The van der Waals surface area contributed by atoms with E-state index in [1.807, 2.05) is 0 Å². The predicted molar refractivity (Wildman–Crippen MR) is 59.3 cm³/mol. The zero-order chi connectivity index (χ0) is 11.9. The number of allylic oxidation sites excluding steroid dienone is 2. The van der Waals surface area contributed by atoms with Gasteiger partial charge < -0.3 is 14.3 Å². The Morgan fingerprint density at radius 2 is 1.94 bits per heavy atom. The van der Waals surface area contributed by atoms with Gasteiger partial charge in [-0.15, -0.1) is 0 Å². The first kappa shape index (κ1) is 11.1. The molecule has 4 nitrogen and oxygen atoms in total. The Morgan fingerprint density at radius 3 is 2.65 bits per heavy atom. The summed E-state index contributed by atoms with van der Waals surface area (Å²) in [5.41, 5.74) is 0.463. The molecule has 2 aliphatic carbocycles. The maximum Gasteiger partial charge on any atom is 0.170 e. The molecule has 0 radical (unpaired) electrons. The van der Waals surface area contributed by atoms with Crippen LogP contribution in [0.2, 0.25) is 0 Å². The maximum absolute atomic E-state index is 11.5. The Balaban J connectivity index is 1.94. The molecule has 17 heavy (non-hydrogen) atoms. The smallest absolute Gasteiger partial charge is 0.170 e. The van der Waals surface area contributed by atoms with E-state index < -0.39 is 11.2 Å². The number of fused-ring (bicyclic) bond motifs is 1. The fourth-order valence-electron chi connectivity index (χ4n) is 3.25. The van der Waals surface area contributed by atoms with Crippen molar-refractivity contribution in [3.8, 4) is 0 Å². The van der Waals surface area contributed by atoms with Crippen LogP contribution in [-0.2, 0) is 19.1 Å². The molecular weight excluding hydrogens is 220 g/mol. The van der Waals surface area contributed by atoms with Crippen molar-refractivity contribution in [1.29, 1.82) is 0 Å². The molecule has 3 aliphatic rings. The number of aldehydes is 1. The summed E-state index contributed by atoms with van der Waals surface area (Å²) in [5.74, 6) is -0.430. The molecule has 0 aromatic rings. The summed E-state index contributed by atoms with van der Waals surface area (Å²) in [6.45, 7) is 1.21. The van der Waals surface area contributed by atoms with Crippen LogP contribution < -0.4 is 0 Å². The standard InChI is InChI=1S/C13H16O4/c14-9-12-3-2-11(15)7-10(12)1-4-13(8-12)16-5-6-17-13/h7,9H,1-6,8H2/t12-/m0/s1. The average Bonchev–Trinajstić information content (AvgIpc) is 2.78. The van der Waals surface area contributed by atoms with E-state index >= 15 is 0 Å². The van der Waals surface area contributed by atoms with E-state index in [1.54, 1.807) is 6.08 Å². The number of ether oxygens (including phenoxy) is 2. The molecule has 1 saturated heterocycles. The summed E-state index contributed by atoms with van der Waals surface area (Å²) in [6.07, 6.45) is 5.78. The number of rotatable bonds is 1. The topological polar surface area (TPSA) is 52.6 Å². The Bertz CT molecular complexity index is 392. The molecule has 1 atom stereocenters. The summed E-state index contributed by atoms with van der Waals surface area (Å²) in [4.78, 5) is 22.9. The van der Waals surface area contributed by atoms with Gasteiger partial charge in [-0.2, -0.15) is 0 Å². The Morgan fingerprint density at radius 1 is 1.18 bits per heavy atom. The van der Waals surface area contributed by atoms with Crippen molar-refractivity contribution in [2.75, 3.05) is 13.2 Å². The largest absolute Gasteiger partial charge is 0.347 e. The lowest BCUT2D eigenvalue weighted by Gasteiger charge is -2.45. The Kier molecular flexibility index (Phi) is 2.45. The van der Waals surface area contributed by atoms with Crippen molar-refractivity contribution < 1.29 is 19.1 Å². The van der Waals surface area contributed by atoms with Gasteiger partial charge in [0.25, 0.3) is 0 Å². The summed E-state index contributed by atoms with van der Waals surface area (Å²) in [6, 6.07) is 0. The molecule has 0 N–H and O–H groups in total. The molecule has 1 spiro atoms. The minimum atomic E-state index is -0.571. The molecule has 4 heteroatoms. The molecule has 0 aromatic heterocycles. The summed E-state index contributed by atoms with van der Waals surface area (Å²) in [5, 5.41) is 0. The summed E-state index contributed by atoms with van der Waals surface area (Å²) < 4.78 is 11.4. The van der Waals surface area contributed by atoms with Gasteiger partial charge >= 0.3 is 0 Å². The Labute approximate surface area is 100.0 Å². The van der Waals surface area contributed by atoms with Gasteiger partial charge in [-0.1, -0.05) is 5.57 Å². The third-order valence-corrected chi connectivity index (χ3v) is 4.19.